The second kappa shape index (κ2) is 9.40. The molecule has 0 saturated carbocycles. The molecule has 31 heavy (non-hydrogen) atoms. The number of amides is 3. The molecular weight excluding hydrogens is 446 g/mol. The first-order valence-electron chi connectivity index (χ1n) is 9.20. The highest BCUT2D eigenvalue weighted by atomic mass is 35.5. The third-order valence-electron chi connectivity index (χ3n) is 4.33. The van der Waals surface area contributed by atoms with Gasteiger partial charge in [0.1, 0.15) is 11.6 Å². The lowest BCUT2D eigenvalue weighted by molar-refractivity contribution is -0.119. The van der Waals surface area contributed by atoms with Gasteiger partial charge in [0.15, 0.2) is 0 Å². The van der Waals surface area contributed by atoms with E-state index in [0.717, 1.165) is 4.88 Å². The van der Waals surface area contributed by atoms with Crippen LogP contribution in [0.3, 0.4) is 0 Å². The van der Waals surface area contributed by atoms with Gasteiger partial charge in [-0.05, 0) is 49.7 Å². The van der Waals surface area contributed by atoms with Crippen molar-refractivity contribution in [1.82, 2.24) is 21.2 Å². The zero-order valence-electron chi connectivity index (χ0n) is 16.8. The molecule has 0 bridgehead atoms. The smallest absolute Gasteiger partial charge is 0.329 e. The van der Waals surface area contributed by atoms with Crippen molar-refractivity contribution in [3.8, 4) is 21.6 Å². The van der Waals surface area contributed by atoms with Crippen LogP contribution in [0.2, 0.25) is 5.02 Å². The predicted octanol–water partition coefficient (Wildman–Crippen LogP) is 5.13. The number of aryl methyl sites for hydroxylation is 1. The average molecular weight is 465 g/mol. The Labute approximate surface area is 186 Å². The minimum atomic E-state index is -0.793. The zero-order valence-corrected chi connectivity index (χ0v) is 18.4. The lowest BCUT2D eigenvalue weighted by atomic mass is 9.98. The van der Waals surface area contributed by atoms with Crippen LogP contribution < -0.4 is 16.2 Å². The maximum Gasteiger partial charge on any atom is 0.334 e. The van der Waals surface area contributed by atoms with Crippen LogP contribution >= 0.6 is 22.9 Å². The van der Waals surface area contributed by atoms with Gasteiger partial charge in [0, 0.05) is 39.0 Å². The number of nitrogens with zero attached hydrogens (tertiary/aromatic N) is 1. The van der Waals surface area contributed by atoms with Crippen LogP contribution in [0.1, 0.15) is 30.5 Å². The van der Waals surface area contributed by atoms with E-state index >= 15 is 0 Å². The predicted molar refractivity (Wildman–Crippen MR) is 117 cm³/mol. The van der Waals surface area contributed by atoms with E-state index in [1.54, 1.807) is 12.1 Å². The second-order valence-corrected chi connectivity index (χ2v) is 8.54. The molecule has 6 nitrogen and oxygen atoms in total. The fraction of sp³-hybridized carbons (Fsp3) is 0.190. The Morgan fingerprint density at radius 3 is 2.48 bits per heavy atom. The van der Waals surface area contributed by atoms with Crippen LogP contribution in [0.5, 0.6) is 0 Å². The number of hydrogen-bond acceptors (Lipinski definition) is 4. The first kappa shape index (κ1) is 22.6. The Morgan fingerprint density at radius 1 is 1.13 bits per heavy atom. The van der Waals surface area contributed by atoms with Crippen molar-refractivity contribution in [1.29, 1.82) is 0 Å². The first-order chi connectivity index (χ1) is 14.7. The second-order valence-electron chi connectivity index (χ2n) is 6.81. The molecule has 3 amide bonds. The summed E-state index contributed by atoms with van der Waals surface area (Å²) in [5, 5.41) is 2.64. The molecule has 3 aromatic rings. The van der Waals surface area contributed by atoms with Crippen molar-refractivity contribution in [2.75, 3.05) is 0 Å². The van der Waals surface area contributed by atoms with E-state index in [1.807, 2.05) is 13.0 Å². The molecule has 1 unspecified atom stereocenters. The standard InChI is InChI=1S/C21H19ClF2N4O2S/c1-10-4-5-18(31-10)19-15(7-14(22)8-16(19)23)13-6-17(24)20(25-9-13)11(2)26-21(30)28-27-12(3)29/h4-9,11H,1-3H3,(H,27,29)(H2,26,28,30). The van der Waals surface area contributed by atoms with Crippen molar-refractivity contribution in [3.05, 3.63) is 63.8 Å². The minimum absolute atomic E-state index is 0.0160. The summed E-state index contributed by atoms with van der Waals surface area (Å²) in [6.45, 7) is 4.68. The Morgan fingerprint density at radius 2 is 1.87 bits per heavy atom. The van der Waals surface area contributed by atoms with E-state index in [0.29, 0.717) is 21.6 Å². The highest BCUT2D eigenvalue weighted by Gasteiger charge is 2.20. The third-order valence-corrected chi connectivity index (χ3v) is 5.57. The topological polar surface area (TPSA) is 83.1 Å². The van der Waals surface area contributed by atoms with Crippen molar-refractivity contribution < 1.29 is 18.4 Å². The number of carbonyl (C=O) groups is 2. The van der Waals surface area contributed by atoms with Gasteiger partial charge in [-0.1, -0.05) is 11.6 Å². The molecule has 1 aromatic carbocycles. The molecule has 0 radical (unpaired) electrons. The number of thiophene rings is 1. The Hall–Kier alpha value is -3.04. The van der Waals surface area contributed by atoms with E-state index in [2.05, 4.69) is 21.2 Å². The van der Waals surface area contributed by atoms with Crippen molar-refractivity contribution >= 4 is 34.9 Å². The van der Waals surface area contributed by atoms with Crippen LogP contribution in [0.15, 0.2) is 36.5 Å². The van der Waals surface area contributed by atoms with Crippen LogP contribution in [-0.4, -0.2) is 16.9 Å². The van der Waals surface area contributed by atoms with Crippen molar-refractivity contribution in [3.63, 3.8) is 0 Å². The number of pyridine rings is 1. The maximum absolute atomic E-state index is 14.9. The summed E-state index contributed by atoms with van der Waals surface area (Å²) in [5.41, 5.74) is 5.30. The first-order valence-corrected chi connectivity index (χ1v) is 10.4. The molecule has 0 aliphatic carbocycles. The Kier molecular flexibility index (Phi) is 6.87. The van der Waals surface area contributed by atoms with Crippen LogP contribution in [0.4, 0.5) is 13.6 Å². The number of rotatable bonds is 4. The van der Waals surface area contributed by atoms with Gasteiger partial charge in [-0.3, -0.25) is 15.2 Å². The van der Waals surface area contributed by atoms with Gasteiger partial charge in [0.2, 0.25) is 5.91 Å². The van der Waals surface area contributed by atoms with Gasteiger partial charge in [-0.25, -0.2) is 19.0 Å². The Balaban J connectivity index is 1.93. The largest absolute Gasteiger partial charge is 0.334 e. The number of nitrogens with one attached hydrogen (secondary N) is 3. The SMILES string of the molecule is CC(=O)NNC(=O)NC(C)c1ncc(-c2cc(Cl)cc(F)c2-c2ccc(C)s2)cc1F. The molecule has 162 valence electrons. The van der Waals surface area contributed by atoms with E-state index in [1.165, 1.54) is 43.5 Å². The molecule has 3 rings (SSSR count). The molecule has 3 N–H and O–H groups in total. The van der Waals surface area contributed by atoms with Gasteiger partial charge in [-0.15, -0.1) is 11.3 Å². The van der Waals surface area contributed by atoms with E-state index in [9.17, 15) is 18.4 Å². The van der Waals surface area contributed by atoms with Gasteiger partial charge in [0.25, 0.3) is 0 Å². The molecule has 2 heterocycles. The molecule has 0 aliphatic rings. The van der Waals surface area contributed by atoms with Gasteiger partial charge >= 0.3 is 6.03 Å². The van der Waals surface area contributed by atoms with Crippen LogP contribution in [0, 0.1) is 18.6 Å². The summed E-state index contributed by atoms with van der Waals surface area (Å²) in [5.74, 6) is -1.65. The van der Waals surface area contributed by atoms with E-state index in [4.69, 9.17) is 11.6 Å². The lowest BCUT2D eigenvalue weighted by Gasteiger charge is -2.16. The summed E-state index contributed by atoms with van der Waals surface area (Å²) in [6.07, 6.45) is 1.40. The van der Waals surface area contributed by atoms with Crippen LogP contribution in [0.25, 0.3) is 21.6 Å². The fourth-order valence-electron chi connectivity index (χ4n) is 2.98. The number of benzene rings is 1. The number of carbonyl (C=O) groups excluding carboxylic acids is 2. The third kappa shape index (κ3) is 5.36. The average Bonchev–Trinajstić information content (AvgIpc) is 3.11. The quantitative estimate of drug-likeness (QED) is 0.468. The Bertz CT molecular complexity index is 1150. The van der Waals surface area contributed by atoms with Gasteiger partial charge in [-0.2, -0.15) is 0 Å². The zero-order chi connectivity index (χ0) is 22.7. The van der Waals surface area contributed by atoms with E-state index < -0.39 is 29.6 Å². The number of aromatic nitrogens is 1. The lowest BCUT2D eigenvalue weighted by Crippen LogP contribution is -2.46. The fourth-order valence-corrected chi connectivity index (χ4v) is 4.11. The number of hydrazine groups is 1. The molecule has 0 saturated heterocycles. The minimum Gasteiger partial charge on any atom is -0.329 e. The monoisotopic (exact) mass is 464 g/mol. The molecule has 0 spiro atoms. The summed E-state index contributed by atoms with van der Waals surface area (Å²) < 4.78 is 29.7. The van der Waals surface area contributed by atoms with Gasteiger partial charge < -0.3 is 5.32 Å². The molecule has 1 atom stereocenters. The summed E-state index contributed by atoms with van der Waals surface area (Å²) in [4.78, 5) is 28.4. The molecule has 0 fully saturated rings. The number of hydrogen-bond donors (Lipinski definition) is 3. The highest BCUT2D eigenvalue weighted by molar-refractivity contribution is 7.15. The maximum atomic E-state index is 14.9. The van der Waals surface area contributed by atoms with Crippen LogP contribution in [-0.2, 0) is 4.79 Å². The molecule has 10 heteroatoms. The van der Waals surface area contributed by atoms with Crippen molar-refractivity contribution in [2.24, 2.45) is 0 Å². The summed E-state index contributed by atoms with van der Waals surface area (Å²) >= 11 is 7.47. The summed E-state index contributed by atoms with van der Waals surface area (Å²) in [7, 11) is 0. The number of halogens is 3. The molecular formula is C21H19ClF2N4O2S. The molecule has 2 aromatic heterocycles. The number of urea groups is 1. The van der Waals surface area contributed by atoms with E-state index in [-0.39, 0.29) is 10.7 Å². The van der Waals surface area contributed by atoms with Gasteiger partial charge in [0.05, 0.1) is 11.7 Å². The summed E-state index contributed by atoms with van der Waals surface area (Å²) in [6, 6.07) is 6.16. The normalized spacial score (nSPS) is 11.7. The molecule has 0 aliphatic heterocycles. The van der Waals surface area contributed by atoms with Crippen molar-refractivity contribution in [2.45, 2.75) is 26.8 Å². The highest BCUT2D eigenvalue weighted by Crippen LogP contribution is 2.40.